The fraction of sp³-hybridized carbons (Fsp3) is 0.154. The molecule has 0 amide bonds. The molecule has 0 bridgehead atoms. The Morgan fingerprint density at radius 1 is 0.667 bits per heavy atom. The van der Waals surface area contributed by atoms with Crippen LogP contribution in [0.25, 0.3) is 0 Å². The van der Waals surface area contributed by atoms with Crippen LogP contribution in [0.15, 0.2) is 91.5 Å². The van der Waals surface area contributed by atoms with E-state index in [-0.39, 0.29) is 0 Å². The third kappa shape index (κ3) is 4.94. The first kappa shape index (κ1) is 23.0. The predicted molar refractivity (Wildman–Crippen MR) is 120 cm³/mol. The molecular weight excluding hydrogens is 500 g/mol. The average molecular weight is 524 g/mol. The summed E-state index contributed by atoms with van der Waals surface area (Å²) in [4.78, 5) is 23.6. The summed E-state index contributed by atoms with van der Waals surface area (Å²) < 4.78 is 25.4. The summed E-state index contributed by atoms with van der Waals surface area (Å²) in [6, 6.07) is 13.8. The van der Waals surface area contributed by atoms with Crippen molar-refractivity contribution in [2.24, 2.45) is 0 Å². The van der Waals surface area contributed by atoms with E-state index >= 15 is 0 Å². The maximum absolute atomic E-state index is 11.8. The summed E-state index contributed by atoms with van der Waals surface area (Å²) in [5, 5.41) is 0. The molecule has 0 radical (unpaired) electrons. The van der Waals surface area contributed by atoms with E-state index in [0.717, 1.165) is 19.4 Å². The van der Waals surface area contributed by atoms with Gasteiger partial charge in [0.25, 0.3) is 0 Å². The van der Waals surface area contributed by atoms with Crippen LogP contribution in [0, 0.1) is 0 Å². The van der Waals surface area contributed by atoms with Crippen molar-refractivity contribution in [2.75, 3.05) is 14.2 Å². The van der Waals surface area contributed by atoms with Gasteiger partial charge in [-0.3, -0.25) is 0 Å². The van der Waals surface area contributed by atoms with Gasteiger partial charge in [-0.2, -0.15) is 0 Å². The summed E-state index contributed by atoms with van der Waals surface area (Å²) in [5.41, 5.74) is 0.905. The third-order valence-electron chi connectivity index (χ3n) is 5.46. The van der Waals surface area contributed by atoms with Crippen molar-refractivity contribution in [1.29, 1.82) is 0 Å². The number of carbonyl (C=O) groups is 2. The first-order valence-corrected chi connectivity index (χ1v) is 15.0. The molecule has 0 atom stereocenters. The second-order valence-electron chi connectivity index (χ2n) is 7.50. The van der Waals surface area contributed by atoms with Gasteiger partial charge in [-0.25, -0.2) is 0 Å². The molecule has 0 aromatic heterocycles. The topological polar surface area (TPSA) is 71.1 Å². The van der Waals surface area contributed by atoms with Crippen LogP contribution in [0.3, 0.4) is 0 Å². The van der Waals surface area contributed by atoms with Crippen LogP contribution >= 0.6 is 0 Å². The molecule has 0 aliphatic heterocycles. The molecule has 6 nitrogen and oxygen atoms in total. The normalized spacial score (nSPS) is 14.5. The van der Waals surface area contributed by atoms with Crippen LogP contribution in [0.5, 0.6) is 11.5 Å². The SMILES string of the molecule is COC(=O)c1ccc([O][Zr]([O]c2ccc(C(=O)OC)cc2)([C]2=CC=CC2)[C]2=CC=CC2)cc1. The molecule has 0 saturated carbocycles. The number of carbonyl (C=O) groups excluding carboxylic acids is 2. The number of benzene rings is 2. The van der Waals surface area contributed by atoms with E-state index in [9.17, 15) is 9.59 Å². The molecule has 2 aromatic rings. The Labute approximate surface area is 198 Å². The number of rotatable bonds is 8. The van der Waals surface area contributed by atoms with Gasteiger partial charge in [0.1, 0.15) is 0 Å². The molecule has 0 saturated heterocycles. The molecule has 4 rings (SSSR count). The van der Waals surface area contributed by atoms with E-state index in [2.05, 4.69) is 24.3 Å². The van der Waals surface area contributed by atoms with E-state index in [1.807, 2.05) is 12.2 Å². The third-order valence-corrected chi connectivity index (χ3v) is 14.0. The van der Waals surface area contributed by atoms with Gasteiger partial charge in [0.15, 0.2) is 0 Å². The minimum absolute atomic E-state index is 0.399. The van der Waals surface area contributed by atoms with Crippen molar-refractivity contribution in [3.8, 4) is 11.5 Å². The molecule has 0 fully saturated rings. The second-order valence-corrected chi connectivity index (χ2v) is 14.7. The molecule has 0 unspecified atom stereocenters. The van der Waals surface area contributed by atoms with Crippen LogP contribution in [0.4, 0.5) is 0 Å². The van der Waals surface area contributed by atoms with Crippen LogP contribution in [-0.2, 0) is 30.6 Å². The van der Waals surface area contributed by atoms with E-state index in [1.54, 1.807) is 48.5 Å². The molecule has 2 aromatic carbocycles. The summed E-state index contributed by atoms with van der Waals surface area (Å²) in [6.45, 7) is 0. The van der Waals surface area contributed by atoms with Crippen LogP contribution < -0.4 is 5.63 Å². The Bertz CT molecular complexity index is 1060. The maximum atomic E-state index is 11.8. The van der Waals surface area contributed by atoms with Crippen molar-refractivity contribution in [3.05, 3.63) is 103 Å². The summed E-state index contributed by atoms with van der Waals surface area (Å²) in [6.07, 6.45) is 13.9. The Balaban J connectivity index is 1.71. The zero-order chi connectivity index (χ0) is 23.3. The van der Waals surface area contributed by atoms with Gasteiger partial charge in [-0.15, -0.1) is 0 Å². The van der Waals surface area contributed by atoms with Crippen LogP contribution in [-0.4, -0.2) is 26.2 Å². The number of esters is 2. The molecular formula is C26H24O6Zr. The van der Waals surface area contributed by atoms with E-state index < -0.39 is 33.1 Å². The first-order valence-electron chi connectivity index (χ1n) is 10.5. The predicted octanol–water partition coefficient (Wildman–Crippen LogP) is 5.39. The van der Waals surface area contributed by atoms with Gasteiger partial charge in [0.05, 0.1) is 0 Å². The van der Waals surface area contributed by atoms with Gasteiger partial charge in [-0.1, -0.05) is 0 Å². The number of hydrogen-bond donors (Lipinski definition) is 0. The van der Waals surface area contributed by atoms with E-state index in [1.165, 1.54) is 14.2 Å². The summed E-state index contributed by atoms with van der Waals surface area (Å²) in [7, 11) is 2.71. The number of methoxy groups -OCH3 is 2. The zero-order valence-electron chi connectivity index (χ0n) is 18.4. The molecule has 0 spiro atoms. The fourth-order valence-electron chi connectivity index (χ4n) is 3.76. The number of hydrogen-bond acceptors (Lipinski definition) is 6. The number of allylic oxidation sites excluding steroid dienone is 8. The zero-order valence-corrected chi connectivity index (χ0v) is 20.9. The molecule has 168 valence electrons. The van der Waals surface area contributed by atoms with Crippen LogP contribution in [0.1, 0.15) is 33.6 Å². The van der Waals surface area contributed by atoms with Gasteiger partial charge in [-0.05, 0) is 0 Å². The molecule has 0 heterocycles. The standard InChI is InChI=1S/2C8H8O3.2C5H5.Zr/c2*1-11-8(10)6-2-4-7(9)5-3-6;2*1-2-4-5-3-1;/h2*2-5,9H,1H3;2*1-3H,4H2;/q;;;;+2/p-2. The van der Waals surface area contributed by atoms with Crippen molar-refractivity contribution in [2.45, 2.75) is 12.8 Å². The van der Waals surface area contributed by atoms with Crippen molar-refractivity contribution >= 4 is 11.9 Å². The summed E-state index contributed by atoms with van der Waals surface area (Å²) >= 11 is -4.15. The molecule has 2 aliphatic carbocycles. The fourth-order valence-corrected chi connectivity index (χ4v) is 11.9. The monoisotopic (exact) mass is 522 g/mol. The molecule has 33 heavy (non-hydrogen) atoms. The van der Waals surface area contributed by atoms with Crippen molar-refractivity contribution in [3.63, 3.8) is 0 Å². The summed E-state index contributed by atoms with van der Waals surface area (Å²) in [5.74, 6) is 0.461. The Morgan fingerprint density at radius 3 is 1.36 bits per heavy atom. The quantitative estimate of drug-likeness (QED) is 0.432. The van der Waals surface area contributed by atoms with Gasteiger partial charge in [0.2, 0.25) is 0 Å². The Morgan fingerprint density at radius 2 is 1.06 bits per heavy atom. The van der Waals surface area contributed by atoms with Gasteiger partial charge in [0, 0.05) is 0 Å². The average Bonchev–Trinajstić information content (AvgIpc) is 3.59. The van der Waals surface area contributed by atoms with Gasteiger partial charge >= 0.3 is 199 Å². The van der Waals surface area contributed by atoms with E-state index in [4.69, 9.17) is 15.1 Å². The van der Waals surface area contributed by atoms with Gasteiger partial charge < -0.3 is 0 Å². The Hall–Kier alpha value is -3.18. The first-order chi connectivity index (χ1) is 16.1. The Kier molecular flexibility index (Phi) is 7.09. The molecule has 2 aliphatic rings. The minimum atomic E-state index is -4.15. The number of ether oxygens (including phenoxy) is 2. The van der Waals surface area contributed by atoms with Crippen molar-refractivity contribution in [1.82, 2.24) is 0 Å². The second kappa shape index (κ2) is 10.2. The molecule has 7 heteroatoms. The molecule has 0 N–H and O–H groups in total. The van der Waals surface area contributed by atoms with Crippen molar-refractivity contribution < 1.29 is 45.8 Å². The van der Waals surface area contributed by atoms with E-state index in [0.29, 0.717) is 22.6 Å². The van der Waals surface area contributed by atoms with Crippen LogP contribution in [0.2, 0.25) is 0 Å².